The van der Waals surface area contributed by atoms with Gasteiger partial charge in [-0.05, 0) is 50.2 Å². The molecule has 1 N–H and O–H groups in total. The highest BCUT2D eigenvalue weighted by molar-refractivity contribution is 6.07. The average Bonchev–Trinajstić information content (AvgIpc) is 2.76. The molecule has 1 aromatic rings. The predicted molar refractivity (Wildman–Crippen MR) is 87.3 cm³/mol. The summed E-state index contributed by atoms with van der Waals surface area (Å²) in [5.74, 6) is 1.34. The van der Waals surface area contributed by atoms with Crippen molar-refractivity contribution in [1.82, 2.24) is 10.2 Å². The van der Waals surface area contributed by atoms with Gasteiger partial charge in [-0.3, -0.25) is 9.69 Å². The number of aryl methyl sites for hydroxylation is 1. The van der Waals surface area contributed by atoms with Gasteiger partial charge in [-0.25, -0.2) is 4.79 Å². The summed E-state index contributed by atoms with van der Waals surface area (Å²) < 4.78 is 5.71. The van der Waals surface area contributed by atoms with Gasteiger partial charge in [0.15, 0.2) is 0 Å². The molecule has 23 heavy (non-hydrogen) atoms. The number of hydrogen-bond donors (Lipinski definition) is 1. The van der Waals surface area contributed by atoms with Gasteiger partial charge in [-0.2, -0.15) is 0 Å². The third-order valence-corrected chi connectivity index (χ3v) is 5.04. The normalized spacial score (nSPS) is 27.4. The lowest BCUT2D eigenvalue weighted by Gasteiger charge is -2.33. The maximum atomic E-state index is 12.7. The van der Waals surface area contributed by atoms with Crippen LogP contribution in [0.4, 0.5) is 4.79 Å². The molecule has 2 fully saturated rings. The van der Waals surface area contributed by atoms with E-state index in [1.807, 2.05) is 31.2 Å². The molecule has 1 saturated carbocycles. The summed E-state index contributed by atoms with van der Waals surface area (Å²) in [5.41, 5.74) is 0.383. The van der Waals surface area contributed by atoms with Crippen LogP contribution in [0.3, 0.4) is 0 Å². The Morgan fingerprint density at radius 3 is 2.65 bits per heavy atom. The Labute approximate surface area is 137 Å². The first-order valence-electron chi connectivity index (χ1n) is 8.34. The van der Waals surface area contributed by atoms with E-state index in [1.165, 1.54) is 4.90 Å². The number of carbonyl (C=O) groups excluding carboxylic acids is 2. The Morgan fingerprint density at radius 1 is 1.26 bits per heavy atom. The highest BCUT2D eigenvalue weighted by atomic mass is 16.5. The molecule has 3 rings (SSSR count). The molecule has 2 aliphatic rings. The van der Waals surface area contributed by atoms with Crippen LogP contribution in [-0.4, -0.2) is 35.5 Å². The molecular weight excluding hydrogens is 292 g/mol. The van der Waals surface area contributed by atoms with Crippen molar-refractivity contribution in [2.24, 2.45) is 5.92 Å². The van der Waals surface area contributed by atoms with Gasteiger partial charge >= 0.3 is 6.03 Å². The number of imide groups is 1. The van der Waals surface area contributed by atoms with Gasteiger partial charge in [0.2, 0.25) is 0 Å². The number of benzene rings is 1. The van der Waals surface area contributed by atoms with Crippen molar-refractivity contribution in [3.63, 3.8) is 0 Å². The fraction of sp³-hybridized carbons (Fsp3) is 0.556. The zero-order valence-electron chi connectivity index (χ0n) is 13.8. The topological polar surface area (TPSA) is 58.6 Å². The summed E-state index contributed by atoms with van der Waals surface area (Å²) in [7, 11) is 0. The molecule has 0 radical (unpaired) electrons. The van der Waals surface area contributed by atoms with Crippen LogP contribution in [-0.2, 0) is 4.79 Å². The van der Waals surface area contributed by atoms with Crippen LogP contribution in [0.2, 0.25) is 0 Å². The number of nitrogens with one attached hydrogen (secondary N) is 1. The molecule has 1 aliphatic heterocycles. The smallest absolute Gasteiger partial charge is 0.325 e. The number of rotatable bonds is 4. The summed E-state index contributed by atoms with van der Waals surface area (Å²) in [4.78, 5) is 26.2. The number of urea groups is 1. The van der Waals surface area contributed by atoms with Crippen LogP contribution in [0.15, 0.2) is 24.3 Å². The van der Waals surface area contributed by atoms with E-state index < -0.39 is 5.54 Å². The van der Waals surface area contributed by atoms with Crippen molar-refractivity contribution < 1.29 is 14.3 Å². The van der Waals surface area contributed by atoms with Gasteiger partial charge in [-0.1, -0.05) is 25.1 Å². The van der Waals surface area contributed by atoms with E-state index >= 15 is 0 Å². The first-order valence-corrected chi connectivity index (χ1v) is 8.34. The molecule has 0 unspecified atom stereocenters. The van der Waals surface area contributed by atoms with Crippen molar-refractivity contribution in [3.8, 4) is 5.75 Å². The molecule has 1 saturated heterocycles. The number of hydrogen-bond acceptors (Lipinski definition) is 3. The van der Waals surface area contributed by atoms with Gasteiger partial charge in [-0.15, -0.1) is 0 Å². The molecule has 1 aliphatic carbocycles. The first kappa shape index (κ1) is 15.8. The molecule has 1 heterocycles. The molecule has 1 aromatic carbocycles. The van der Waals surface area contributed by atoms with Crippen LogP contribution >= 0.6 is 0 Å². The number of carbonyl (C=O) groups is 2. The molecule has 1 spiro atoms. The number of nitrogens with zero attached hydrogens (tertiary/aromatic N) is 1. The van der Waals surface area contributed by atoms with Crippen LogP contribution < -0.4 is 10.1 Å². The predicted octanol–water partition coefficient (Wildman–Crippen LogP) is 2.87. The molecule has 5 nitrogen and oxygen atoms in total. The summed E-state index contributed by atoms with van der Waals surface area (Å²) in [6.45, 7) is 4.77. The standard InChI is InChI=1S/C18H24N2O3/c1-13-7-9-18(10-8-13)16(21)20(17(22)19-18)11-12-23-15-6-4-3-5-14(15)2/h3-6,13H,7-12H2,1-2H3,(H,19,22). The molecule has 124 valence electrons. The van der Waals surface area contributed by atoms with Gasteiger partial charge in [0.05, 0.1) is 6.54 Å². The van der Waals surface area contributed by atoms with Gasteiger partial charge in [0.1, 0.15) is 17.9 Å². The maximum absolute atomic E-state index is 12.7. The number of para-hydroxylation sites is 1. The quantitative estimate of drug-likeness (QED) is 0.869. The van der Waals surface area contributed by atoms with Crippen molar-refractivity contribution >= 4 is 11.9 Å². The van der Waals surface area contributed by atoms with Crippen molar-refractivity contribution in [3.05, 3.63) is 29.8 Å². The van der Waals surface area contributed by atoms with E-state index in [4.69, 9.17) is 4.74 Å². The third-order valence-electron chi connectivity index (χ3n) is 5.04. The second-order valence-corrected chi connectivity index (χ2v) is 6.77. The Bertz CT molecular complexity index is 606. The third kappa shape index (κ3) is 3.05. The SMILES string of the molecule is Cc1ccccc1OCCN1C(=O)NC2(CCC(C)CC2)C1=O. The Kier molecular flexibility index (Phi) is 4.28. The van der Waals surface area contributed by atoms with Gasteiger partial charge in [0.25, 0.3) is 5.91 Å². The van der Waals surface area contributed by atoms with Gasteiger partial charge in [0, 0.05) is 0 Å². The minimum atomic E-state index is -0.660. The zero-order valence-corrected chi connectivity index (χ0v) is 13.8. The summed E-state index contributed by atoms with van der Waals surface area (Å²) in [6.07, 6.45) is 3.46. The summed E-state index contributed by atoms with van der Waals surface area (Å²) >= 11 is 0. The van der Waals surface area contributed by atoms with Crippen molar-refractivity contribution in [2.75, 3.05) is 13.2 Å². The van der Waals surface area contributed by atoms with Crippen LogP contribution in [0.25, 0.3) is 0 Å². The highest BCUT2D eigenvalue weighted by Gasteiger charge is 2.51. The van der Waals surface area contributed by atoms with Gasteiger partial charge < -0.3 is 10.1 Å². The van der Waals surface area contributed by atoms with E-state index in [2.05, 4.69) is 12.2 Å². The summed E-state index contributed by atoms with van der Waals surface area (Å²) in [6, 6.07) is 7.45. The Morgan fingerprint density at radius 2 is 1.96 bits per heavy atom. The van der Waals surface area contributed by atoms with Crippen LogP contribution in [0.1, 0.15) is 38.2 Å². The van der Waals surface area contributed by atoms with Crippen LogP contribution in [0.5, 0.6) is 5.75 Å². The van der Waals surface area contributed by atoms with E-state index in [1.54, 1.807) is 0 Å². The molecular formula is C18H24N2O3. The zero-order chi connectivity index (χ0) is 16.4. The monoisotopic (exact) mass is 316 g/mol. The number of ether oxygens (including phenoxy) is 1. The molecule has 3 amide bonds. The summed E-state index contributed by atoms with van der Waals surface area (Å²) in [5, 5.41) is 2.93. The average molecular weight is 316 g/mol. The van der Waals surface area contributed by atoms with Crippen molar-refractivity contribution in [1.29, 1.82) is 0 Å². The second-order valence-electron chi connectivity index (χ2n) is 6.77. The molecule has 0 aromatic heterocycles. The minimum Gasteiger partial charge on any atom is -0.491 e. The maximum Gasteiger partial charge on any atom is 0.325 e. The largest absolute Gasteiger partial charge is 0.491 e. The lowest BCUT2D eigenvalue weighted by molar-refractivity contribution is -0.132. The lowest BCUT2D eigenvalue weighted by Crippen LogP contribution is -2.49. The van der Waals surface area contributed by atoms with Crippen LogP contribution in [0, 0.1) is 12.8 Å². The van der Waals surface area contributed by atoms with E-state index in [0.717, 1.165) is 37.0 Å². The van der Waals surface area contributed by atoms with E-state index in [9.17, 15) is 9.59 Å². The highest BCUT2D eigenvalue weighted by Crippen LogP contribution is 2.36. The van der Waals surface area contributed by atoms with E-state index in [-0.39, 0.29) is 18.5 Å². The molecule has 5 heteroatoms. The number of amides is 3. The molecule has 0 bridgehead atoms. The first-order chi connectivity index (χ1) is 11.0. The fourth-order valence-electron chi connectivity index (χ4n) is 3.44. The Balaban J connectivity index is 1.59. The molecule has 0 atom stereocenters. The Hall–Kier alpha value is -2.04. The second kappa shape index (κ2) is 6.22. The minimum absolute atomic E-state index is 0.0808. The van der Waals surface area contributed by atoms with Crippen molar-refractivity contribution in [2.45, 2.75) is 45.1 Å². The lowest BCUT2D eigenvalue weighted by atomic mass is 9.77. The van der Waals surface area contributed by atoms with E-state index in [0.29, 0.717) is 12.5 Å². The fourth-order valence-corrected chi connectivity index (χ4v) is 3.44.